The minimum Gasteiger partial charge on any atom is -0.479 e. The molecule has 0 radical (unpaired) electrons. The van der Waals surface area contributed by atoms with E-state index in [-0.39, 0.29) is 0 Å². The van der Waals surface area contributed by atoms with Gasteiger partial charge in [0.15, 0.2) is 6.10 Å². The maximum Gasteiger partial charge on any atom is 0.333 e. The van der Waals surface area contributed by atoms with Crippen molar-refractivity contribution < 1.29 is 14.6 Å². The van der Waals surface area contributed by atoms with E-state index >= 15 is 0 Å². The summed E-state index contributed by atoms with van der Waals surface area (Å²) in [4.78, 5) is 11.1. The molecule has 4 heteroatoms. The Kier molecular flexibility index (Phi) is 6.16. The van der Waals surface area contributed by atoms with Crippen molar-refractivity contribution in [3.63, 3.8) is 0 Å². The molecular formula is C14H19ClO3. The zero-order chi connectivity index (χ0) is 13.5. The third kappa shape index (κ3) is 4.31. The van der Waals surface area contributed by atoms with Gasteiger partial charge in [-0.25, -0.2) is 4.79 Å². The molecule has 1 aromatic carbocycles. The number of hydrogen-bond donors (Lipinski definition) is 1. The second-order valence-corrected chi connectivity index (χ2v) is 4.69. The maximum atomic E-state index is 11.1. The minimum atomic E-state index is -0.925. The number of unbranched alkanes of at least 4 members (excludes halogenated alkanes) is 1. The van der Waals surface area contributed by atoms with E-state index in [1.165, 1.54) is 0 Å². The minimum absolute atomic E-state index is 0.353. The van der Waals surface area contributed by atoms with Crippen molar-refractivity contribution in [3.05, 3.63) is 34.3 Å². The van der Waals surface area contributed by atoms with Crippen molar-refractivity contribution >= 4 is 17.6 Å². The van der Waals surface area contributed by atoms with Gasteiger partial charge < -0.3 is 9.84 Å². The summed E-state index contributed by atoms with van der Waals surface area (Å²) in [5.41, 5.74) is 1.84. The number of carboxylic acid groups (broad SMARTS) is 1. The van der Waals surface area contributed by atoms with Crippen LogP contribution in [0.4, 0.5) is 0 Å². The number of rotatable bonds is 7. The summed E-state index contributed by atoms with van der Waals surface area (Å²) in [6, 6.07) is 5.52. The van der Waals surface area contributed by atoms with Gasteiger partial charge in [0.1, 0.15) is 0 Å². The van der Waals surface area contributed by atoms with Gasteiger partial charge >= 0.3 is 5.97 Å². The second kappa shape index (κ2) is 7.39. The molecule has 100 valence electrons. The van der Waals surface area contributed by atoms with Gasteiger partial charge in [-0.1, -0.05) is 37.1 Å². The van der Waals surface area contributed by atoms with E-state index in [0.29, 0.717) is 18.1 Å². The largest absolute Gasteiger partial charge is 0.479 e. The van der Waals surface area contributed by atoms with E-state index in [9.17, 15) is 4.79 Å². The molecule has 0 heterocycles. The zero-order valence-corrected chi connectivity index (χ0v) is 11.5. The Morgan fingerprint density at radius 1 is 1.50 bits per heavy atom. The lowest BCUT2D eigenvalue weighted by atomic mass is 10.0. The first-order chi connectivity index (χ1) is 8.56. The first kappa shape index (κ1) is 15.0. The van der Waals surface area contributed by atoms with Crippen LogP contribution >= 0.6 is 11.6 Å². The van der Waals surface area contributed by atoms with Crippen molar-refractivity contribution in [1.29, 1.82) is 0 Å². The molecule has 0 bridgehead atoms. The molecule has 1 rings (SSSR count). The average molecular weight is 271 g/mol. The Labute approximate surface area is 113 Å². The summed E-state index contributed by atoms with van der Waals surface area (Å²) in [5.74, 6) is -0.925. The molecule has 0 saturated heterocycles. The molecule has 3 nitrogen and oxygen atoms in total. The molecule has 0 aromatic heterocycles. The predicted molar refractivity (Wildman–Crippen MR) is 72.2 cm³/mol. The standard InChI is InChI=1S/C14H19ClO3/c1-3-4-8-18-13(14(16)17)9-11-6-5-7-12(15)10(11)2/h5-7,13H,3-4,8-9H2,1-2H3,(H,16,17). The monoisotopic (exact) mass is 270 g/mol. The van der Waals surface area contributed by atoms with Gasteiger partial charge in [-0.3, -0.25) is 0 Å². The van der Waals surface area contributed by atoms with Crippen LogP contribution in [-0.2, 0) is 16.0 Å². The Bertz CT molecular complexity index is 404. The molecule has 1 N–H and O–H groups in total. The van der Waals surface area contributed by atoms with Crippen LogP contribution in [0.1, 0.15) is 30.9 Å². The van der Waals surface area contributed by atoms with E-state index in [1.807, 2.05) is 26.0 Å². The Balaban J connectivity index is 2.71. The number of halogens is 1. The highest BCUT2D eigenvalue weighted by atomic mass is 35.5. The Morgan fingerprint density at radius 2 is 2.22 bits per heavy atom. The van der Waals surface area contributed by atoms with Gasteiger partial charge in [0.2, 0.25) is 0 Å². The van der Waals surface area contributed by atoms with Crippen LogP contribution in [-0.4, -0.2) is 23.8 Å². The Hall–Kier alpha value is -1.06. The maximum absolute atomic E-state index is 11.1. The molecule has 0 fully saturated rings. The van der Waals surface area contributed by atoms with Crippen LogP contribution in [0.25, 0.3) is 0 Å². The number of carbonyl (C=O) groups is 1. The lowest BCUT2D eigenvalue weighted by molar-refractivity contribution is -0.150. The number of ether oxygens (including phenoxy) is 1. The molecule has 0 amide bonds. The summed E-state index contributed by atoms with van der Waals surface area (Å²) in [6.45, 7) is 4.41. The summed E-state index contributed by atoms with van der Waals surface area (Å²) >= 11 is 6.02. The van der Waals surface area contributed by atoms with E-state index in [0.717, 1.165) is 24.0 Å². The van der Waals surface area contributed by atoms with Gasteiger partial charge in [0.25, 0.3) is 0 Å². The van der Waals surface area contributed by atoms with E-state index in [1.54, 1.807) is 6.07 Å². The average Bonchev–Trinajstić information content (AvgIpc) is 2.33. The third-order valence-corrected chi connectivity index (χ3v) is 3.29. The first-order valence-corrected chi connectivity index (χ1v) is 6.52. The number of carboxylic acids is 1. The lowest BCUT2D eigenvalue weighted by Crippen LogP contribution is -2.27. The zero-order valence-electron chi connectivity index (χ0n) is 10.8. The fourth-order valence-corrected chi connectivity index (χ4v) is 1.85. The van der Waals surface area contributed by atoms with E-state index < -0.39 is 12.1 Å². The number of aliphatic carboxylic acids is 1. The van der Waals surface area contributed by atoms with Gasteiger partial charge in [-0.2, -0.15) is 0 Å². The number of hydrogen-bond acceptors (Lipinski definition) is 2. The Morgan fingerprint density at radius 3 is 2.83 bits per heavy atom. The fraction of sp³-hybridized carbons (Fsp3) is 0.500. The summed E-state index contributed by atoms with van der Waals surface area (Å²) in [5, 5.41) is 9.79. The van der Waals surface area contributed by atoms with Crippen molar-refractivity contribution in [1.82, 2.24) is 0 Å². The highest BCUT2D eigenvalue weighted by Gasteiger charge is 2.19. The van der Waals surface area contributed by atoms with Gasteiger partial charge in [-0.05, 0) is 30.5 Å². The van der Waals surface area contributed by atoms with E-state index in [2.05, 4.69) is 0 Å². The van der Waals surface area contributed by atoms with Crippen molar-refractivity contribution in [2.45, 2.75) is 39.2 Å². The van der Waals surface area contributed by atoms with Crippen LogP contribution < -0.4 is 0 Å². The van der Waals surface area contributed by atoms with E-state index in [4.69, 9.17) is 21.4 Å². The summed E-state index contributed by atoms with van der Waals surface area (Å²) < 4.78 is 5.40. The summed E-state index contributed by atoms with van der Waals surface area (Å²) in [6.07, 6.45) is 1.42. The molecule has 0 aliphatic rings. The first-order valence-electron chi connectivity index (χ1n) is 6.14. The topological polar surface area (TPSA) is 46.5 Å². The van der Waals surface area contributed by atoms with Crippen LogP contribution in [0, 0.1) is 6.92 Å². The highest BCUT2D eigenvalue weighted by molar-refractivity contribution is 6.31. The van der Waals surface area contributed by atoms with Gasteiger partial charge in [-0.15, -0.1) is 0 Å². The van der Waals surface area contributed by atoms with Crippen LogP contribution in [0.15, 0.2) is 18.2 Å². The third-order valence-electron chi connectivity index (χ3n) is 2.88. The predicted octanol–water partition coefficient (Wildman–Crippen LogP) is 3.46. The van der Waals surface area contributed by atoms with Crippen LogP contribution in [0.2, 0.25) is 5.02 Å². The SMILES string of the molecule is CCCCOC(Cc1cccc(Cl)c1C)C(=O)O. The molecule has 0 saturated carbocycles. The molecule has 1 atom stereocenters. The van der Waals surface area contributed by atoms with Crippen LogP contribution in [0.5, 0.6) is 0 Å². The highest BCUT2D eigenvalue weighted by Crippen LogP contribution is 2.20. The molecule has 1 aromatic rings. The van der Waals surface area contributed by atoms with Crippen molar-refractivity contribution in [2.24, 2.45) is 0 Å². The van der Waals surface area contributed by atoms with Crippen LogP contribution in [0.3, 0.4) is 0 Å². The van der Waals surface area contributed by atoms with Gasteiger partial charge in [0.05, 0.1) is 0 Å². The molecular weight excluding hydrogens is 252 g/mol. The molecule has 0 spiro atoms. The summed E-state index contributed by atoms with van der Waals surface area (Å²) in [7, 11) is 0. The quantitative estimate of drug-likeness (QED) is 0.772. The molecule has 0 aliphatic heterocycles. The molecule has 1 unspecified atom stereocenters. The lowest BCUT2D eigenvalue weighted by Gasteiger charge is -2.15. The fourth-order valence-electron chi connectivity index (χ4n) is 1.66. The molecule has 0 aliphatic carbocycles. The van der Waals surface area contributed by atoms with Crippen molar-refractivity contribution in [3.8, 4) is 0 Å². The second-order valence-electron chi connectivity index (χ2n) is 4.28. The normalized spacial score (nSPS) is 12.4. The van der Waals surface area contributed by atoms with Crippen molar-refractivity contribution in [2.75, 3.05) is 6.61 Å². The number of benzene rings is 1. The van der Waals surface area contributed by atoms with Gasteiger partial charge in [0, 0.05) is 18.1 Å². The molecule has 18 heavy (non-hydrogen) atoms. The smallest absolute Gasteiger partial charge is 0.333 e.